The normalized spacial score (nSPS) is 19.3. The zero-order valence-electron chi connectivity index (χ0n) is 17.4. The number of aromatic nitrogens is 2. The highest BCUT2D eigenvalue weighted by Gasteiger charge is 2.42. The summed E-state index contributed by atoms with van der Waals surface area (Å²) in [6.45, 7) is 3.39. The van der Waals surface area contributed by atoms with E-state index in [2.05, 4.69) is 20.2 Å². The molecular weight excluding hydrogens is 417 g/mol. The van der Waals surface area contributed by atoms with Crippen molar-refractivity contribution in [3.05, 3.63) is 41.5 Å². The number of likely N-dealkylation sites (tertiary alicyclic amines) is 1. The number of aryl methyl sites for hydroxylation is 1. The number of carbonyl (C=O) groups excluding carboxylic acids is 1. The molecule has 0 aliphatic carbocycles. The molecule has 1 saturated heterocycles. The topological polar surface area (TPSA) is 89.7 Å². The van der Waals surface area contributed by atoms with E-state index in [0.717, 1.165) is 12.8 Å². The van der Waals surface area contributed by atoms with Crippen molar-refractivity contribution in [1.82, 2.24) is 20.4 Å². The van der Waals surface area contributed by atoms with E-state index in [9.17, 15) is 18.0 Å². The Morgan fingerprint density at radius 1 is 1.32 bits per heavy atom. The fraction of sp³-hybridized carbons (Fsp3) is 0.550. The van der Waals surface area contributed by atoms with Crippen LogP contribution in [0.5, 0.6) is 5.75 Å². The molecule has 1 fully saturated rings. The van der Waals surface area contributed by atoms with Gasteiger partial charge in [0.25, 0.3) is 0 Å². The Morgan fingerprint density at radius 3 is 2.68 bits per heavy atom. The summed E-state index contributed by atoms with van der Waals surface area (Å²) in [4.78, 5) is 18.9. The molecule has 1 aromatic heterocycles. The van der Waals surface area contributed by atoms with Gasteiger partial charge in [-0.3, -0.25) is 0 Å². The third-order valence-corrected chi connectivity index (χ3v) is 5.25. The molecule has 1 unspecified atom stereocenters. The summed E-state index contributed by atoms with van der Waals surface area (Å²) < 4.78 is 51.0. The lowest BCUT2D eigenvalue weighted by molar-refractivity contribution is -0.274. The summed E-state index contributed by atoms with van der Waals surface area (Å²) in [5.74, 6) is 0.725. The fourth-order valence-corrected chi connectivity index (χ4v) is 3.71. The van der Waals surface area contributed by atoms with Gasteiger partial charge >= 0.3 is 12.4 Å². The van der Waals surface area contributed by atoms with Crippen LogP contribution in [-0.4, -0.2) is 54.2 Å². The summed E-state index contributed by atoms with van der Waals surface area (Å²) in [7, 11) is 1.62. The number of rotatable bonds is 7. The van der Waals surface area contributed by atoms with E-state index in [0.29, 0.717) is 43.4 Å². The van der Waals surface area contributed by atoms with E-state index in [1.165, 1.54) is 24.3 Å². The number of halogens is 3. The van der Waals surface area contributed by atoms with Crippen molar-refractivity contribution >= 4 is 6.03 Å². The molecule has 31 heavy (non-hydrogen) atoms. The lowest BCUT2D eigenvalue weighted by Crippen LogP contribution is -2.52. The van der Waals surface area contributed by atoms with Gasteiger partial charge in [-0.2, -0.15) is 4.98 Å². The summed E-state index contributed by atoms with van der Waals surface area (Å²) in [6, 6.07) is 5.11. The quantitative estimate of drug-likeness (QED) is 0.705. The maximum absolute atomic E-state index is 12.8. The second kappa shape index (κ2) is 9.54. The highest BCUT2D eigenvalue weighted by Crippen LogP contribution is 2.36. The molecule has 1 aliphatic heterocycles. The highest BCUT2D eigenvalue weighted by atomic mass is 19.4. The second-order valence-electron chi connectivity index (χ2n) is 7.54. The van der Waals surface area contributed by atoms with Crippen LogP contribution in [0.15, 0.2) is 28.8 Å². The minimum atomic E-state index is -4.74. The molecule has 1 atom stereocenters. The van der Waals surface area contributed by atoms with Crippen LogP contribution in [0, 0.1) is 6.92 Å². The van der Waals surface area contributed by atoms with E-state index in [-0.39, 0.29) is 18.3 Å². The van der Waals surface area contributed by atoms with Crippen LogP contribution in [-0.2, 0) is 16.7 Å². The van der Waals surface area contributed by atoms with Crippen molar-refractivity contribution in [3.8, 4) is 5.75 Å². The van der Waals surface area contributed by atoms with Crippen molar-refractivity contribution in [2.45, 2.75) is 44.5 Å². The maximum Gasteiger partial charge on any atom is 0.573 e. The van der Waals surface area contributed by atoms with Crippen molar-refractivity contribution in [1.29, 1.82) is 0 Å². The Balaban J connectivity index is 1.62. The van der Waals surface area contributed by atoms with Gasteiger partial charge in [-0.05, 0) is 37.0 Å². The molecule has 1 aromatic carbocycles. The predicted molar refractivity (Wildman–Crippen MR) is 103 cm³/mol. The van der Waals surface area contributed by atoms with Crippen LogP contribution < -0.4 is 10.1 Å². The van der Waals surface area contributed by atoms with Crippen LogP contribution in [0.4, 0.5) is 18.0 Å². The van der Waals surface area contributed by atoms with E-state index >= 15 is 0 Å². The highest BCUT2D eigenvalue weighted by molar-refractivity contribution is 5.74. The molecule has 2 heterocycles. The molecule has 0 bridgehead atoms. The third-order valence-electron chi connectivity index (χ3n) is 5.25. The van der Waals surface area contributed by atoms with Crippen LogP contribution >= 0.6 is 0 Å². The zero-order valence-corrected chi connectivity index (χ0v) is 17.4. The number of nitrogens with one attached hydrogen (secondary N) is 1. The first-order valence-electron chi connectivity index (χ1n) is 9.88. The molecule has 1 aliphatic rings. The number of alkyl halides is 3. The number of urea groups is 1. The van der Waals surface area contributed by atoms with Crippen LogP contribution in [0.25, 0.3) is 0 Å². The van der Waals surface area contributed by atoms with E-state index in [4.69, 9.17) is 9.26 Å². The van der Waals surface area contributed by atoms with Crippen LogP contribution in [0.3, 0.4) is 0 Å². The second-order valence-corrected chi connectivity index (χ2v) is 7.54. The smallest absolute Gasteiger partial charge is 0.406 e. The van der Waals surface area contributed by atoms with Crippen molar-refractivity contribution in [3.63, 3.8) is 0 Å². The summed E-state index contributed by atoms with van der Waals surface area (Å²) in [6.07, 6.45) is -2.52. The van der Waals surface area contributed by atoms with Crippen LogP contribution in [0.1, 0.15) is 36.5 Å². The number of nitrogens with zero attached hydrogens (tertiary/aromatic N) is 3. The summed E-state index contributed by atoms with van der Waals surface area (Å²) in [5, 5.41) is 6.91. The van der Waals surface area contributed by atoms with Crippen molar-refractivity contribution in [2.75, 3.05) is 26.8 Å². The number of carbonyl (C=O) groups is 1. The largest absolute Gasteiger partial charge is 0.573 e. The molecule has 1 N–H and O–H groups in total. The number of benzene rings is 1. The van der Waals surface area contributed by atoms with Gasteiger partial charge in [-0.25, -0.2) is 4.79 Å². The monoisotopic (exact) mass is 442 g/mol. The first kappa shape index (κ1) is 22.9. The lowest BCUT2D eigenvalue weighted by atomic mass is 9.76. The molecule has 11 heteroatoms. The summed E-state index contributed by atoms with van der Waals surface area (Å²) in [5.41, 5.74) is 0.194. The Morgan fingerprint density at radius 2 is 2.06 bits per heavy atom. The number of ether oxygens (including phenoxy) is 2. The summed E-state index contributed by atoms with van der Waals surface area (Å²) >= 11 is 0. The van der Waals surface area contributed by atoms with Gasteiger partial charge in [0, 0.05) is 40.3 Å². The van der Waals surface area contributed by atoms with E-state index in [1.54, 1.807) is 18.9 Å². The van der Waals surface area contributed by atoms with Gasteiger partial charge in [0.05, 0.1) is 5.41 Å². The number of hydrogen-bond acceptors (Lipinski definition) is 6. The van der Waals surface area contributed by atoms with Gasteiger partial charge < -0.3 is 24.2 Å². The predicted octanol–water partition coefficient (Wildman–Crippen LogP) is 3.56. The number of piperidine rings is 1. The Labute approximate surface area is 177 Å². The molecule has 2 aromatic rings. The van der Waals surface area contributed by atoms with E-state index in [1.807, 2.05) is 0 Å². The standard InChI is InChI=1S/C20H25F3N4O4/c1-14-25-17(26-31-14)19(9-11-29-2)8-3-10-27(13-19)18(28)24-12-15-4-6-16(7-5-15)30-20(21,22)23/h4-7H,3,8-13H2,1-2H3,(H,24,28). The molecule has 3 rings (SSSR count). The first-order valence-corrected chi connectivity index (χ1v) is 9.88. The lowest BCUT2D eigenvalue weighted by Gasteiger charge is -2.40. The Bertz CT molecular complexity index is 872. The Hall–Kier alpha value is -2.82. The molecule has 0 radical (unpaired) electrons. The van der Waals surface area contributed by atoms with Gasteiger partial charge in [0.2, 0.25) is 5.89 Å². The molecular formula is C20H25F3N4O4. The van der Waals surface area contributed by atoms with Crippen molar-refractivity contribution < 1.29 is 32.0 Å². The molecule has 0 saturated carbocycles. The minimum Gasteiger partial charge on any atom is -0.406 e. The minimum absolute atomic E-state index is 0.175. The average Bonchev–Trinajstić information content (AvgIpc) is 3.17. The van der Waals surface area contributed by atoms with Gasteiger partial charge in [0.1, 0.15) is 5.75 Å². The zero-order chi connectivity index (χ0) is 22.5. The van der Waals surface area contributed by atoms with Gasteiger partial charge in [0.15, 0.2) is 5.82 Å². The molecule has 0 spiro atoms. The number of hydrogen-bond donors (Lipinski definition) is 1. The van der Waals surface area contributed by atoms with Crippen molar-refractivity contribution in [2.24, 2.45) is 0 Å². The Kier molecular flexibility index (Phi) is 7.04. The molecule has 2 amide bonds. The average molecular weight is 442 g/mol. The third kappa shape index (κ3) is 6.09. The van der Waals surface area contributed by atoms with E-state index < -0.39 is 11.8 Å². The van der Waals surface area contributed by atoms with Gasteiger partial charge in [-0.1, -0.05) is 17.3 Å². The first-order chi connectivity index (χ1) is 14.7. The van der Waals surface area contributed by atoms with Gasteiger partial charge in [-0.15, -0.1) is 13.2 Å². The number of methoxy groups -OCH3 is 1. The SMILES string of the molecule is COCCC1(c2noc(C)n2)CCCN(C(=O)NCc2ccc(OC(F)(F)F)cc2)C1. The molecule has 8 nitrogen and oxygen atoms in total. The number of amides is 2. The van der Waals surface area contributed by atoms with Crippen LogP contribution in [0.2, 0.25) is 0 Å². The molecule has 170 valence electrons. The maximum atomic E-state index is 12.8. The fourth-order valence-electron chi connectivity index (χ4n) is 3.71.